The summed E-state index contributed by atoms with van der Waals surface area (Å²) in [4.78, 5) is 0. The summed E-state index contributed by atoms with van der Waals surface area (Å²) in [6.07, 6.45) is -3.79. The Balaban J connectivity index is 3.39. The minimum atomic E-state index is -4.04. The van der Waals surface area contributed by atoms with Crippen molar-refractivity contribution in [2.45, 2.75) is 12.6 Å². The van der Waals surface area contributed by atoms with E-state index in [9.17, 15) is 13.2 Å². The highest BCUT2D eigenvalue weighted by molar-refractivity contribution is 14.1. The van der Waals surface area contributed by atoms with E-state index in [0.29, 0.717) is 0 Å². The summed E-state index contributed by atoms with van der Waals surface area (Å²) in [5.74, 6) is 0. The van der Waals surface area contributed by atoms with Gasteiger partial charge in [0, 0.05) is 0 Å². The third kappa shape index (κ3) is 6.26. The molecule has 0 aromatic carbocycles. The van der Waals surface area contributed by atoms with Crippen LogP contribution < -0.4 is 0 Å². The quantitative estimate of drug-likeness (QED) is 0.614. The summed E-state index contributed by atoms with van der Waals surface area (Å²) in [7, 11) is 0. The molecule has 0 nitrogen and oxygen atoms in total. The predicted octanol–water partition coefficient (Wildman–Crippen LogP) is 2.89. The average molecular weight is 236 g/mol. The largest absolute Gasteiger partial charge is 0.392 e. The van der Waals surface area contributed by atoms with Gasteiger partial charge in [-0.2, -0.15) is 13.2 Å². The van der Waals surface area contributed by atoms with Crippen LogP contribution in [0.2, 0.25) is 0 Å². The second-order valence-electron chi connectivity index (χ2n) is 1.18. The molecule has 0 saturated heterocycles. The molecule has 0 amide bonds. The van der Waals surface area contributed by atoms with E-state index in [1.807, 2.05) is 0 Å². The lowest BCUT2D eigenvalue weighted by atomic mass is 10.4. The lowest BCUT2D eigenvalue weighted by Crippen LogP contribution is -2.03. The van der Waals surface area contributed by atoms with Gasteiger partial charge in [0.1, 0.15) is 0 Å². The van der Waals surface area contributed by atoms with Gasteiger partial charge in [-0.15, -0.1) is 0 Å². The van der Waals surface area contributed by atoms with E-state index < -0.39 is 12.6 Å². The molecule has 8 heavy (non-hydrogen) atoms. The molecule has 0 N–H and O–H groups in total. The van der Waals surface area contributed by atoms with Gasteiger partial charge in [0.2, 0.25) is 0 Å². The normalized spacial score (nSPS) is 13.0. The Kier molecular flexibility index (Phi) is 3.43. The van der Waals surface area contributed by atoms with Gasteiger partial charge in [-0.1, -0.05) is 28.7 Å². The first-order valence-electron chi connectivity index (χ1n) is 1.88. The summed E-state index contributed by atoms with van der Waals surface area (Å²) in [6.45, 7) is 0. The smallest absolute Gasteiger partial charge is 0.171 e. The highest BCUT2D eigenvalue weighted by Gasteiger charge is 2.24. The molecule has 0 unspecified atom stereocenters. The average Bonchev–Trinajstić information content (AvgIpc) is 1.59. The summed E-state index contributed by atoms with van der Waals surface area (Å²) in [5, 5.41) is 0. The van der Waals surface area contributed by atoms with Crippen LogP contribution in [-0.4, -0.2) is 6.18 Å². The van der Waals surface area contributed by atoms with Crippen molar-refractivity contribution in [3.63, 3.8) is 0 Å². The SMILES string of the molecule is FC(F)(F)C/C=C/I. The lowest BCUT2D eigenvalue weighted by Gasteiger charge is -1.98. The fourth-order valence-electron chi connectivity index (χ4n) is 0.178. The van der Waals surface area contributed by atoms with E-state index >= 15 is 0 Å². The van der Waals surface area contributed by atoms with Crippen LogP contribution in [0.5, 0.6) is 0 Å². The van der Waals surface area contributed by atoms with Crippen LogP contribution >= 0.6 is 22.6 Å². The van der Waals surface area contributed by atoms with Gasteiger partial charge in [-0.05, 0) is 4.08 Å². The van der Waals surface area contributed by atoms with Crippen molar-refractivity contribution in [1.29, 1.82) is 0 Å². The first-order chi connectivity index (χ1) is 3.56. The second-order valence-corrected chi connectivity index (χ2v) is 1.90. The first-order valence-corrected chi connectivity index (χ1v) is 3.13. The minimum absolute atomic E-state index is 0.823. The third-order valence-electron chi connectivity index (χ3n) is 0.438. The summed E-state index contributed by atoms with van der Waals surface area (Å²) in [6, 6.07) is 0. The molecule has 0 spiro atoms. The van der Waals surface area contributed by atoms with Crippen LogP contribution in [0.4, 0.5) is 13.2 Å². The molecule has 0 atom stereocenters. The number of rotatable bonds is 1. The van der Waals surface area contributed by atoms with Crippen LogP contribution in [0.1, 0.15) is 6.42 Å². The highest BCUT2D eigenvalue weighted by Crippen LogP contribution is 2.19. The third-order valence-corrected chi connectivity index (χ3v) is 0.947. The Morgan fingerprint density at radius 1 is 1.38 bits per heavy atom. The van der Waals surface area contributed by atoms with E-state index in [2.05, 4.69) is 0 Å². The molecule has 0 rings (SSSR count). The highest BCUT2D eigenvalue weighted by atomic mass is 127. The lowest BCUT2D eigenvalue weighted by molar-refractivity contribution is -0.124. The van der Waals surface area contributed by atoms with Crippen molar-refractivity contribution < 1.29 is 13.2 Å². The summed E-state index contributed by atoms with van der Waals surface area (Å²) < 4.78 is 34.9. The van der Waals surface area contributed by atoms with Crippen LogP contribution in [0, 0.1) is 0 Å². The monoisotopic (exact) mass is 236 g/mol. The minimum Gasteiger partial charge on any atom is -0.171 e. The topological polar surface area (TPSA) is 0 Å². The molecule has 0 aromatic rings. The van der Waals surface area contributed by atoms with Gasteiger partial charge in [0.15, 0.2) is 0 Å². The Labute approximate surface area is 58.9 Å². The van der Waals surface area contributed by atoms with E-state index in [1.165, 1.54) is 4.08 Å². The van der Waals surface area contributed by atoms with Crippen LogP contribution in [-0.2, 0) is 0 Å². The van der Waals surface area contributed by atoms with Crippen molar-refractivity contribution in [2.75, 3.05) is 0 Å². The molecule has 0 aliphatic heterocycles. The zero-order valence-corrected chi connectivity index (χ0v) is 6.03. The molecule has 0 aliphatic carbocycles. The first kappa shape index (κ1) is 8.26. The molecule has 0 fully saturated rings. The fraction of sp³-hybridized carbons (Fsp3) is 0.500. The second kappa shape index (κ2) is 3.32. The van der Waals surface area contributed by atoms with E-state index in [1.54, 1.807) is 22.6 Å². The molecule has 48 valence electrons. The number of hydrogen-bond donors (Lipinski definition) is 0. The maximum absolute atomic E-state index is 11.2. The molecule has 0 bridgehead atoms. The predicted molar refractivity (Wildman–Crippen MR) is 33.8 cm³/mol. The summed E-state index contributed by atoms with van der Waals surface area (Å²) >= 11 is 1.75. The zero-order valence-electron chi connectivity index (χ0n) is 3.87. The Morgan fingerprint density at radius 2 is 1.88 bits per heavy atom. The molecule has 0 radical (unpaired) electrons. The molecule has 4 heteroatoms. The standard InChI is InChI=1S/C4H4F3I/c5-4(6,7)2-1-3-8/h1,3H,2H2/b3-1+. The Morgan fingerprint density at radius 3 is 2.00 bits per heavy atom. The van der Waals surface area contributed by atoms with Gasteiger partial charge in [0.25, 0.3) is 0 Å². The fourth-order valence-corrected chi connectivity index (χ4v) is 0.432. The van der Waals surface area contributed by atoms with Gasteiger partial charge in [0.05, 0.1) is 6.42 Å². The molecular weight excluding hydrogens is 232 g/mol. The van der Waals surface area contributed by atoms with Crippen molar-refractivity contribution in [3.05, 3.63) is 10.2 Å². The Hall–Kier alpha value is 0.260. The van der Waals surface area contributed by atoms with Crippen LogP contribution in [0.25, 0.3) is 0 Å². The summed E-state index contributed by atoms with van der Waals surface area (Å²) in [5.41, 5.74) is 0. The van der Waals surface area contributed by atoms with Crippen molar-refractivity contribution in [1.82, 2.24) is 0 Å². The number of allylic oxidation sites excluding steroid dienone is 1. The number of alkyl halides is 3. The number of hydrogen-bond acceptors (Lipinski definition) is 0. The van der Waals surface area contributed by atoms with Crippen molar-refractivity contribution in [3.8, 4) is 0 Å². The van der Waals surface area contributed by atoms with E-state index in [0.717, 1.165) is 6.08 Å². The number of halogens is 4. The zero-order chi connectivity index (χ0) is 6.62. The Bertz CT molecular complexity index is 83.8. The molecular formula is C4H4F3I. The molecule has 0 aromatic heterocycles. The van der Waals surface area contributed by atoms with Gasteiger partial charge >= 0.3 is 6.18 Å². The van der Waals surface area contributed by atoms with Gasteiger partial charge in [-0.25, -0.2) is 0 Å². The molecule has 0 aliphatic rings. The van der Waals surface area contributed by atoms with Crippen LogP contribution in [0.15, 0.2) is 10.2 Å². The molecule has 0 heterocycles. The van der Waals surface area contributed by atoms with Crippen molar-refractivity contribution in [2.24, 2.45) is 0 Å². The van der Waals surface area contributed by atoms with Gasteiger partial charge in [-0.3, -0.25) is 0 Å². The van der Waals surface area contributed by atoms with Crippen molar-refractivity contribution >= 4 is 22.6 Å². The maximum Gasteiger partial charge on any atom is 0.392 e. The van der Waals surface area contributed by atoms with Crippen LogP contribution in [0.3, 0.4) is 0 Å². The maximum atomic E-state index is 11.2. The van der Waals surface area contributed by atoms with E-state index in [4.69, 9.17) is 0 Å². The van der Waals surface area contributed by atoms with Gasteiger partial charge < -0.3 is 0 Å². The van der Waals surface area contributed by atoms with E-state index in [-0.39, 0.29) is 0 Å². The molecule has 0 saturated carbocycles.